The van der Waals surface area contributed by atoms with E-state index in [0.717, 1.165) is 38.4 Å². The number of amides is 2. The van der Waals surface area contributed by atoms with Gasteiger partial charge in [0.25, 0.3) is 0 Å². The molecule has 0 aromatic rings. The van der Waals surface area contributed by atoms with Crippen molar-refractivity contribution in [3.05, 3.63) is 0 Å². The number of rotatable bonds is 4. The molecule has 2 aliphatic carbocycles. The maximum atomic E-state index is 12.3. The highest BCUT2D eigenvalue weighted by Crippen LogP contribution is 2.26. The van der Waals surface area contributed by atoms with Gasteiger partial charge in [-0.05, 0) is 32.1 Å². The van der Waals surface area contributed by atoms with Crippen molar-refractivity contribution in [1.29, 1.82) is 0 Å². The fourth-order valence-corrected chi connectivity index (χ4v) is 4.45. The summed E-state index contributed by atoms with van der Waals surface area (Å²) in [5, 5.41) is 6.31. The Morgan fingerprint density at radius 3 is 2.50 bits per heavy atom. The van der Waals surface area contributed by atoms with Crippen molar-refractivity contribution in [3.63, 3.8) is 0 Å². The van der Waals surface area contributed by atoms with E-state index >= 15 is 0 Å². The van der Waals surface area contributed by atoms with Crippen LogP contribution in [0.2, 0.25) is 0 Å². The first-order valence-corrected chi connectivity index (χ1v) is 9.10. The predicted octanol–water partition coefficient (Wildman–Crippen LogP) is 2.26. The van der Waals surface area contributed by atoms with Crippen molar-refractivity contribution in [1.82, 2.24) is 15.5 Å². The Bertz CT molecular complexity index is 371. The van der Waals surface area contributed by atoms with Gasteiger partial charge in [0.1, 0.15) is 0 Å². The topological polar surface area (TPSA) is 53.6 Å². The number of carbonyl (C=O) groups is 1. The van der Waals surface area contributed by atoms with Gasteiger partial charge >= 0.3 is 6.03 Å². The average Bonchev–Trinajstić information content (AvgIpc) is 3.18. The summed E-state index contributed by atoms with van der Waals surface area (Å²) in [6.07, 6.45) is 11.2. The monoisotopic (exact) mass is 309 g/mol. The van der Waals surface area contributed by atoms with E-state index in [-0.39, 0.29) is 18.2 Å². The summed E-state index contributed by atoms with van der Waals surface area (Å²) in [7, 11) is 1.75. The molecule has 2 amide bonds. The Balaban J connectivity index is 1.42. The highest BCUT2D eigenvalue weighted by atomic mass is 16.5. The second-order valence-electron chi connectivity index (χ2n) is 7.20. The van der Waals surface area contributed by atoms with Gasteiger partial charge in [0.2, 0.25) is 0 Å². The van der Waals surface area contributed by atoms with Gasteiger partial charge in [0.15, 0.2) is 0 Å². The number of carbonyl (C=O) groups excluding carboxylic acids is 1. The van der Waals surface area contributed by atoms with E-state index < -0.39 is 0 Å². The SMILES string of the molecule is CO[C@@H]1CCCC[C@@H]1NC(=O)N[C@@H]1CCN(C2CCCC2)C1. The third-order valence-electron chi connectivity index (χ3n) is 5.72. The molecule has 0 unspecified atom stereocenters. The molecule has 0 aromatic heterocycles. The maximum absolute atomic E-state index is 12.3. The highest BCUT2D eigenvalue weighted by molar-refractivity contribution is 5.74. The van der Waals surface area contributed by atoms with Crippen molar-refractivity contribution in [2.75, 3.05) is 20.2 Å². The van der Waals surface area contributed by atoms with E-state index in [1.54, 1.807) is 7.11 Å². The van der Waals surface area contributed by atoms with Crippen LogP contribution in [0.3, 0.4) is 0 Å². The molecule has 0 radical (unpaired) electrons. The Kier molecular flexibility index (Phi) is 5.58. The van der Waals surface area contributed by atoms with Gasteiger partial charge in [-0.25, -0.2) is 4.79 Å². The van der Waals surface area contributed by atoms with Crippen LogP contribution in [0.4, 0.5) is 4.79 Å². The van der Waals surface area contributed by atoms with Gasteiger partial charge in [0, 0.05) is 32.3 Å². The third-order valence-corrected chi connectivity index (χ3v) is 5.72. The summed E-state index contributed by atoms with van der Waals surface area (Å²) in [6, 6.07) is 1.24. The minimum atomic E-state index is -0.00720. The van der Waals surface area contributed by atoms with Crippen molar-refractivity contribution in [2.24, 2.45) is 0 Å². The summed E-state index contributed by atoms with van der Waals surface area (Å²) in [5.74, 6) is 0. The Labute approximate surface area is 134 Å². The van der Waals surface area contributed by atoms with Gasteiger partial charge in [-0.3, -0.25) is 4.90 Å². The van der Waals surface area contributed by atoms with Crippen LogP contribution in [-0.2, 0) is 4.74 Å². The standard InChI is InChI=1S/C17H31N3O2/c1-22-16-9-5-4-8-15(16)19-17(21)18-13-10-11-20(12-13)14-6-2-3-7-14/h13-16H,2-12H2,1H3,(H2,18,19,21)/t13-,15+,16-/m1/s1. The molecule has 2 N–H and O–H groups in total. The molecule has 0 aromatic carbocycles. The van der Waals surface area contributed by atoms with E-state index in [9.17, 15) is 4.79 Å². The zero-order valence-electron chi connectivity index (χ0n) is 13.9. The van der Waals surface area contributed by atoms with Crippen LogP contribution < -0.4 is 10.6 Å². The lowest BCUT2D eigenvalue weighted by Gasteiger charge is -2.31. The van der Waals surface area contributed by atoms with E-state index in [1.165, 1.54) is 38.5 Å². The summed E-state index contributed by atoms with van der Waals surface area (Å²) in [6.45, 7) is 2.16. The molecule has 3 atom stereocenters. The normalized spacial score (nSPS) is 34.0. The first-order chi connectivity index (χ1) is 10.8. The molecule has 0 spiro atoms. The summed E-state index contributed by atoms with van der Waals surface area (Å²) in [4.78, 5) is 14.8. The molecule has 0 bridgehead atoms. The smallest absolute Gasteiger partial charge is 0.315 e. The second kappa shape index (κ2) is 7.64. The van der Waals surface area contributed by atoms with Crippen molar-refractivity contribution < 1.29 is 9.53 Å². The van der Waals surface area contributed by atoms with Crippen LogP contribution >= 0.6 is 0 Å². The van der Waals surface area contributed by atoms with E-state index in [0.29, 0.717) is 6.04 Å². The van der Waals surface area contributed by atoms with Gasteiger partial charge < -0.3 is 15.4 Å². The van der Waals surface area contributed by atoms with Crippen LogP contribution in [0, 0.1) is 0 Å². The lowest BCUT2D eigenvalue weighted by Crippen LogP contribution is -2.52. The van der Waals surface area contributed by atoms with Gasteiger partial charge in [-0.15, -0.1) is 0 Å². The molecule has 1 saturated heterocycles. The molecule has 3 fully saturated rings. The summed E-state index contributed by atoms with van der Waals surface area (Å²) >= 11 is 0. The number of methoxy groups -OCH3 is 1. The number of hydrogen-bond acceptors (Lipinski definition) is 3. The number of nitrogens with zero attached hydrogens (tertiary/aromatic N) is 1. The van der Waals surface area contributed by atoms with Crippen LogP contribution in [0.5, 0.6) is 0 Å². The van der Waals surface area contributed by atoms with Gasteiger partial charge in [0.05, 0.1) is 12.1 Å². The molecule has 5 nitrogen and oxygen atoms in total. The third kappa shape index (κ3) is 3.93. The summed E-state index contributed by atoms with van der Waals surface area (Å²) in [5.41, 5.74) is 0. The van der Waals surface area contributed by atoms with E-state index in [4.69, 9.17) is 4.74 Å². The van der Waals surface area contributed by atoms with Crippen LogP contribution in [0.1, 0.15) is 57.8 Å². The molecule has 2 saturated carbocycles. The molecule has 22 heavy (non-hydrogen) atoms. The summed E-state index contributed by atoms with van der Waals surface area (Å²) < 4.78 is 5.51. The molecular formula is C17H31N3O2. The number of likely N-dealkylation sites (tertiary alicyclic amines) is 1. The van der Waals surface area contributed by atoms with Crippen molar-refractivity contribution in [2.45, 2.75) is 82.0 Å². The number of nitrogens with one attached hydrogen (secondary N) is 2. The van der Waals surface area contributed by atoms with Crippen LogP contribution in [0.25, 0.3) is 0 Å². The Morgan fingerprint density at radius 2 is 1.73 bits per heavy atom. The van der Waals surface area contributed by atoms with Gasteiger partial charge in [-0.1, -0.05) is 25.7 Å². The molecule has 126 valence electrons. The van der Waals surface area contributed by atoms with Crippen LogP contribution in [0.15, 0.2) is 0 Å². The predicted molar refractivity (Wildman–Crippen MR) is 87.0 cm³/mol. The second-order valence-corrected chi connectivity index (χ2v) is 7.20. The zero-order valence-corrected chi connectivity index (χ0v) is 13.9. The Morgan fingerprint density at radius 1 is 1.00 bits per heavy atom. The first kappa shape index (κ1) is 16.1. The fourth-order valence-electron chi connectivity index (χ4n) is 4.45. The number of urea groups is 1. The largest absolute Gasteiger partial charge is 0.379 e. The number of hydrogen-bond donors (Lipinski definition) is 2. The molecule has 5 heteroatoms. The molecule has 3 aliphatic rings. The minimum Gasteiger partial charge on any atom is -0.379 e. The van der Waals surface area contributed by atoms with Crippen molar-refractivity contribution in [3.8, 4) is 0 Å². The van der Waals surface area contributed by atoms with Crippen molar-refractivity contribution >= 4 is 6.03 Å². The quantitative estimate of drug-likeness (QED) is 0.837. The molecule has 3 rings (SSSR count). The fraction of sp³-hybridized carbons (Fsp3) is 0.941. The number of ether oxygens (including phenoxy) is 1. The lowest BCUT2D eigenvalue weighted by molar-refractivity contribution is 0.0450. The zero-order chi connectivity index (χ0) is 15.4. The molecular weight excluding hydrogens is 278 g/mol. The van der Waals surface area contributed by atoms with E-state index in [2.05, 4.69) is 15.5 Å². The highest BCUT2D eigenvalue weighted by Gasteiger charge is 2.31. The average molecular weight is 309 g/mol. The Hall–Kier alpha value is -0.810. The molecule has 1 heterocycles. The van der Waals surface area contributed by atoms with Gasteiger partial charge in [-0.2, -0.15) is 0 Å². The first-order valence-electron chi connectivity index (χ1n) is 9.10. The van der Waals surface area contributed by atoms with E-state index in [1.807, 2.05) is 0 Å². The lowest BCUT2D eigenvalue weighted by atomic mass is 9.92. The molecule has 1 aliphatic heterocycles. The maximum Gasteiger partial charge on any atom is 0.315 e. The van der Waals surface area contributed by atoms with Crippen LogP contribution in [-0.4, -0.2) is 55.4 Å². The minimum absolute atomic E-state index is 0.00720.